The number of carbonyl (C=O) groups is 1. The lowest BCUT2D eigenvalue weighted by Crippen LogP contribution is -2.33. The third-order valence-corrected chi connectivity index (χ3v) is 1.34. The summed E-state index contributed by atoms with van der Waals surface area (Å²) < 4.78 is 0. The molecule has 1 N–H and O–H groups in total. The van der Waals surface area contributed by atoms with Crippen molar-refractivity contribution in [3.8, 4) is 0 Å². The van der Waals surface area contributed by atoms with Crippen LogP contribution in [0.1, 0.15) is 6.92 Å². The van der Waals surface area contributed by atoms with E-state index in [4.69, 9.17) is 0 Å². The molecule has 5 heteroatoms. The van der Waals surface area contributed by atoms with Gasteiger partial charge in [0.2, 0.25) is 0 Å². The summed E-state index contributed by atoms with van der Waals surface area (Å²) >= 11 is 0. The Kier molecular flexibility index (Phi) is 3.48. The molecule has 0 unspecified atom stereocenters. The number of hydrogen-bond donors (Lipinski definition) is 1. The number of hydrogen-bond acceptors (Lipinski definition) is 4. The Morgan fingerprint density at radius 1 is 1.38 bits per heavy atom. The molecule has 1 rings (SSSR count). The Balaban J connectivity index is 2.49. The quantitative estimate of drug-likeness (QED) is 0.399. The van der Waals surface area contributed by atoms with Crippen LogP contribution in [0.15, 0.2) is 30.3 Å². The topological polar surface area (TPSA) is 55.8 Å². The molecular formula is C8H9BO4. The van der Waals surface area contributed by atoms with Gasteiger partial charge in [0.1, 0.15) is 0 Å². The van der Waals surface area contributed by atoms with E-state index in [0.717, 1.165) is 0 Å². The van der Waals surface area contributed by atoms with E-state index in [9.17, 15) is 9.82 Å². The van der Waals surface area contributed by atoms with Gasteiger partial charge in [0.25, 0.3) is 0 Å². The van der Waals surface area contributed by atoms with Crippen molar-refractivity contribution < 1.29 is 19.5 Å². The van der Waals surface area contributed by atoms with Gasteiger partial charge in [-0.2, -0.15) is 0 Å². The van der Waals surface area contributed by atoms with Crippen molar-refractivity contribution >= 4 is 18.6 Å². The maximum Gasteiger partial charge on any atom is 0.538 e. The summed E-state index contributed by atoms with van der Waals surface area (Å²) in [6, 6.07) is 8.62. The Morgan fingerprint density at radius 3 is 2.54 bits per heavy atom. The summed E-state index contributed by atoms with van der Waals surface area (Å²) in [6.45, 7) is 1.19. The zero-order chi connectivity index (χ0) is 9.68. The molecule has 0 aliphatic heterocycles. The Bertz CT molecular complexity index is 275. The van der Waals surface area contributed by atoms with Gasteiger partial charge in [-0.15, -0.1) is 0 Å². The van der Waals surface area contributed by atoms with Crippen LogP contribution < -0.4 is 5.46 Å². The molecule has 4 nitrogen and oxygen atoms in total. The highest BCUT2D eigenvalue weighted by molar-refractivity contribution is 6.59. The molecule has 0 aliphatic rings. The number of carbonyl (C=O) groups excluding carboxylic acids is 1. The SMILES string of the molecule is CC(=O)OOB(O)c1ccccc1. The summed E-state index contributed by atoms with van der Waals surface area (Å²) in [7, 11) is -1.23. The van der Waals surface area contributed by atoms with E-state index in [2.05, 4.69) is 9.69 Å². The zero-order valence-electron chi connectivity index (χ0n) is 7.14. The maximum atomic E-state index is 10.3. The fourth-order valence-corrected chi connectivity index (χ4v) is 0.787. The summed E-state index contributed by atoms with van der Waals surface area (Å²) in [5, 5.41) is 9.27. The summed E-state index contributed by atoms with van der Waals surface area (Å²) in [6.07, 6.45) is 0. The lowest BCUT2D eigenvalue weighted by Gasteiger charge is -2.04. The van der Waals surface area contributed by atoms with Crippen molar-refractivity contribution in [2.75, 3.05) is 0 Å². The molecule has 0 spiro atoms. The maximum absolute atomic E-state index is 10.3. The Labute approximate surface area is 76.2 Å². The molecule has 0 aliphatic carbocycles. The van der Waals surface area contributed by atoms with Crippen LogP contribution >= 0.6 is 0 Å². The highest BCUT2D eigenvalue weighted by Crippen LogP contribution is 1.89. The second-order valence-electron chi connectivity index (χ2n) is 2.43. The smallest absolute Gasteiger partial charge is 0.421 e. The first kappa shape index (κ1) is 9.76. The minimum Gasteiger partial charge on any atom is -0.421 e. The minimum atomic E-state index is -1.23. The standard InChI is InChI=1S/C8H9BO4/c1-7(10)12-13-9(11)8-5-3-2-4-6-8/h2-6,11H,1H3. The third-order valence-electron chi connectivity index (χ3n) is 1.34. The van der Waals surface area contributed by atoms with E-state index in [-0.39, 0.29) is 0 Å². The number of rotatable bonds is 3. The van der Waals surface area contributed by atoms with Crippen LogP contribution in [-0.4, -0.2) is 18.1 Å². The van der Waals surface area contributed by atoms with Gasteiger partial charge in [-0.1, -0.05) is 30.3 Å². The highest BCUT2D eigenvalue weighted by atomic mass is 17.2. The van der Waals surface area contributed by atoms with Gasteiger partial charge in [0.15, 0.2) is 0 Å². The average molecular weight is 180 g/mol. The molecule has 1 aromatic rings. The predicted octanol–water partition coefficient (Wildman–Crippen LogP) is -0.131. The molecule has 0 radical (unpaired) electrons. The second-order valence-corrected chi connectivity index (χ2v) is 2.43. The van der Waals surface area contributed by atoms with E-state index >= 15 is 0 Å². The van der Waals surface area contributed by atoms with E-state index in [0.29, 0.717) is 5.46 Å². The fraction of sp³-hybridized carbons (Fsp3) is 0.125. The predicted molar refractivity (Wildman–Crippen MR) is 46.9 cm³/mol. The van der Waals surface area contributed by atoms with Gasteiger partial charge in [-0.05, 0) is 5.46 Å². The lowest BCUT2D eigenvalue weighted by molar-refractivity contribution is -0.218. The van der Waals surface area contributed by atoms with Crippen molar-refractivity contribution in [1.29, 1.82) is 0 Å². The first-order valence-corrected chi connectivity index (χ1v) is 3.77. The molecule has 0 aromatic heterocycles. The Hall–Kier alpha value is -1.33. The van der Waals surface area contributed by atoms with Crippen LogP contribution in [-0.2, 0) is 14.5 Å². The van der Waals surface area contributed by atoms with Crippen LogP contribution in [0.25, 0.3) is 0 Å². The van der Waals surface area contributed by atoms with Gasteiger partial charge >= 0.3 is 13.1 Å². The van der Waals surface area contributed by atoms with Crippen molar-refractivity contribution in [2.45, 2.75) is 6.92 Å². The molecule has 0 bridgehead atoms. The molecule has 68 valence electrons. The van der Waals surface area contributed by atoms with E-state index in [1.54, 1.807) is 24.3 Å². The minimum absolute atomic E-state index is 0.531. The van der Waals surface area contributed by atoms with Gasteiger partial charge in [-0.3, -0.25) is 0 Å². The highest BCUT2D eigenvalue weighted by Gasteiger charge is 2.18. The fourth-order valence-electron chi connectivity index (χ4n) is 0.787. The normalized spacial score (nSPS) is 9.38. The van der Waals surface area contributed by atoms with Crippen LogP contribution in [0.2, 0.25) is 0 Å². The molecule has 0 amide bonds. The molecule has 13 heavy (non-hydrogen) atoms. The molecular weight excluding hydrogens is 171 g/mol. The molecule has 0 atom stereocenters. The first-order chi connectivity index (χ1) is 6.20. The van der Waals surface area contributed by atoms with Crippen LogP contribution in [0.4, 0.5) is 0 Å². The monoisotopic (exact) mass is 180 g/mol. The zero-order valence-corrected chi connectivity index (χ0v) is 7.14. The van der Waals surface area contributed by atoms with Gasteiger partial charge in [0.05, 0.1) is 0 Å². The van der Waals surface area contributed by atoms with Gasteiger partial charge in [0, 0.05) is 6.92 Å². The molecule has 0 fully saturated rings. The van der Waals surface area contributed by atoms with Gasteiger partial charge in [-0.25, -0.2) is 9.60 Å². The van der Waals surface area contributed by atoms with Gasteiger partial charge < -0.3 is 9.91 Å². The van der Waals surface area contributed by atoms with Crippen LogP contribution in [0, 0.1) is 0 Å². The van der Waals surface area contributed by atoms with E-state index in [1.165, 1.54) is 6.92 Å². The van der Waals surface area contributed by atoms with Crippen molar-refractivity contribution in [1.82, 2.24) is 0 Å². The van der Waals surface area contributed by atoms with E-state index < -0.39 is 13.1 Å². The average Bonchev–Trinajstić information content (AvgIpc) is 2.15. The van der Waals surface area contributed by atoms with Crippen molar-refractivity contribution in [2.24, 2.45) is 0 Å². The van der Waals surface area contributed by atoms with Crippen molar-refractivity contribution in [3.05, 3.63) is 30.3 Å². The van der Waals surface area contributed by atoms with Crippen LogP contribution in [0.3, 0.4) is 0 Å². The van der Waals surface area contributed by atoms with Crippen LogP contribution in [0.5, 0.6) is 0 Å². The molecule has 1 aromatic carbocycles. The third kappa shape index (κ3) is 3.27. The molecule has 0 heterocycles. The van der Waals surface area contributed by atoms with Crippen molar-refractivity contribution in [3.63, 3.8) is 0 Å². The molecule has 0 saturated carbocycles. The largest absolute Gasteiger partial charge is 0.538 e. The summed E-state index contributed by atoms with van der Waals surface area (Å²) in [5.41, 5.74) is 0.531. The molecule has 0 saturated heterocycles. The van der Waals surface area contributed by atoms with E-state index in [1.807, 2.05) is 6.07 Å². The summed E-state index contributed by atoms with van der Waals surface area (Å²) in [5.74, 6) is -0.602. The second kappa shape index (κ2) is 4.64. The Morgan fingerprint density at radius 2 is 2.00 bits per heavy atom. The summed E-state index contributed by atoms with van der Waals surface area (Å²) in [4.78, 5) is 18.9. The first-order valence-electron chi connectivity index (χ1n) is 3.77. The lowest BCUT2D eigenvalue weighted by atomic mass is 9.80. The number of benzene rings is 1.